The van der Waals surface area contributed by atoms with Gasteiger partial charge in [0.25, 0.3) is 0 Å². The predicted octanol–water partition coefficient (Wildman–Crippen LogP) is 4.02. The normalized spacial score (nSPS) is 18.5. The maximum Gasteiger partial charge on any atom is 0.490 e. The number of piperidine rings is 1. The molecule has 32 heavy (non-hydrogen) atoms. The molecule has 1 saturated heterocycles. The minimum Gasteiger partial charge on any atom is -0.475 e. The zero-order valence-corrected chi connectivity index (χ0v) is 18.0. The molecule has 6 nitrogen and oxygen atoms in total. The molecule has 0 saturated carbocycles. The first-order valence-corrected chi connectivity index (χ1v) is 10.2. The smallest absolute Gasteiger partial charge is 0.475 e. The van der Waals surface area contributed by atoms with Crippen molar-refractivity contribution in [3.05, 3.63) is 65.5 Å². The number of likely N-dealkylation sites (tertiary alicyclic amines) is 1. The first-order valence-electron chi connectivity index (χ1n) is 10.2. The number of carbonyl (C=O) groups is 2. The Balaban J connectivity index is 0.000000451. The van der Waals surface area contributed by atoms with Crippen LogP contribution in [0.2, 0.25) is 0 Å². The van der Waals surface area contributed by atoms with Crippen LogP contribution in [0.5, 0.6) is 0 Å². The van der Waals surface area contributed by atoms with Crippen molar-refractivity contribution in [3.63, 3.8) is 0 Å². The molecule has 1 aliphatic rings. The third-order valence-electron chi connectivity index (χ3n) is 5.12. The number of alkyl halides is 3. The number of carbonyl (C=O) groups excluding carboxylic acids is 1. The summed E-state index contributed by atoms with van der Waals surface area (Å²) in [7, 11) is 0. The second-order valence-corrected chi connectivity index (χ2v) is 7.72. The Morgan fingerprint density at radius 2 is 1.91 bits per heavy atom. The molecule has 2 heterocycles. The standard InChI is InChI=1S/C21H26N2O2.C2HF3O2/c1-16-5-3-6-18(11-16)12-20-14-23(17(2)24)10-8-21(20)25-15-19-7-4-9-22-13-19;3-2(4,5)1(6)7/h3-7,9,11,13,20-21H,8,10,12,14-15H2,1-2H3;(H,6,7)/t20-,21+;/m0./s1. The minimum absolute atomic E-state index is 0.153. The van der Waals surface area contributed by atoms with Crippen LogP contribution in [0.3, 0.4) is 0 Å². The maximum atomic E-state index is 11.8. The molecule has 174 valence electrons. The average molecular weight is 452 g/mol. The van der Waals surface area contributed by atoms with Gasteiger partial charge in [-0.3, -0.25) is 9.78 Å². The number of aryl methyl sites for hydroxylation is 1. The minimum atomic E-state index is -5.08. The Kier molecular flexibility index (Phi) is 9.19. The number of hydrogen-bond donors (Lipinski definition) is 1. The van der Waals surface area contributed by atoms with Gasteiger partial charge in [-0.15, -0.1) is 0 Å². The van der Waals surface area contributed by atoms with Gasteiger partial charge in [0, 0.05) is 38.3 Å². The van der Waals surface area contributed by atoms with Crippen molar-refractivity contribution in [2.75, 3.05) is 13.1 Å². The first kappa shape index (κ1) is 25.3. The molecule has 0 spiro atoms. The van der Waals surface area contributed by atoms with Gasteiger partial charge < -0.3 is 14.7 Å². The van der Waals surface area contributed by atoms with E-state index < -0.39 is 12.1 Å². The summed E-state index contributed by atoms with van der Waals surface area (Å²) >= 11 is 0. The Morgan fingerprint density at radius 3 is 2.47 bits per heavy atom. The number of carboxylic acid groups (broad SMARTS) is 1. The summed E-state index contributed by atoms with van der Waals surface area (Å²) in [4.78, 5) is 26.8. The number of carboxylic acids is 1. The van der Waals surface area contributed by atoms with E-state index in [4.69, 9.17) is 14.6 Å². The van der Waals surface area contributed by atoms with Crippen LogP contribution in [0.15, 0.2) is 48.8 Å². The van der Waals surface area contributed by atoms with Gasteiger partial charge in [0.15, 0.2) is 0 Å². The van der Waals surface area contributed by atoms with Crippen molar-refractivity contribution in [2.45, 2.75) is 45.6 Å². The lowest BCUT2D eigenvalue weighted by Gasteiger charge is -2.38. The van der Waals surface area contributed by atoms with E-state index in [9.17, 15) is 18.0 Å². The number of aliphatic carboxylic acids is 1. The van der Waals surface area contributed by atoms with Crippen LogP contribution < -0.4 is 0 Å². The van der Waals surface area contributed by atoms with Crippen LogP contribution in [0, 0.1) is 12.8 Å². The molecule has 0 aliphatic carbocycles. The SMILES string of the molecule is CC(=O)N1CC[C@@H](OCc2cccnc2)[C@@H](Cc2cccc(C)c2)C1.O=C(O)C(F)(F)F. The van der Waals surface area contributed by atoms with E-state index >= 15 is 0 Å². The van der Waals surface area contributed by atoms with Gasteiger partial charge in [-0.25, -0.2) is 4.79 Å². The lowest BCUT2D eigenvalue weighted by Crippen LogP contribution is -2.46. The summed E-state index contributed by atoms with van der Waals surface area (Å²) in [5.41, 5.74) is 3.67. The third kappa shape index (κ3) is 8.30. The van der Waals surface area contributed by atoms with Gasteiger partial charge in [-0.05, 0) is 37.0 Å². The molecule has 2 aromatic rings. The van der Waals surface area contributed by atoms with Crippen molar-refractivity contribution < 1.29 is 32.6 Å². The van der Waals surface area contributed by atoms with Crippen molar-refractivity contribution >= 4 is 11.9 Å². The summed E-state index contributed by atoms with van der Waals surface area (Å²) in [5.74, 6) is -2.29. The highest BCUT2D eigenvalue weighted by Crippen LogP contribution is 2.25. The largest absolute Gasteiger partial charge is 0.490 e. The second kappa shape index (κ2) is 11.6. The van der Waals surface area contributed by atoms with Crippen LogP contribution >= 0.6 is 0 Å². The third-order valence-corrected chi connectivity index (χ3v) is 5.12. The van der Waals surface area contributed by atoms with E-state index in [2.05, 4.69) is 36.2 Å². The van der Waals surface area contributed by atoms with E-state index in [0.717, 1.165) is 31.5 Å². The molecular weight excluding hydrogens is 425 g/mol. The fraction of sp³-hybridized carbons (Fsp3) is 0.435. The molecule has 9 heteroatoms. The van der Waals surface area contributed by atoms with E-state index in [-0.39, 0.29) is 12.0 Å². The first-order chi connectivity index (χ1) is 15.1. The zero-order valence-electron chi connectivity index (χ0n) is 18.0. The highest BCUT2D eigenvalue weighted by atomic mass is 19.4. The fourth-order valence-corrected chi connectivity index (χ4v) is 3.54. The monoisotopic (exact) mass is 452 g/mol. The number of amides is 1. The molecule has 3 rings (SSSR count). The number of rotatable bonds is 5. The second-order valence-electron chi connectivity index (χ2n) is 7.72. The van der Waals surface area contributed by atoms with Gasteiger partial charge in [-0.2, -0.15) is 13.2 Å². The highest BCUT2D eigenvalue weighted by Gasteiger charge is 2.38. The lowest BCUT2D eigenvalue weighted by molar-refractivity contribution is -0.192. The van der Waals surface area contributed by atoms with Crippen LogP contribution in [-0.4, -0.2) is 52.2 Å². The highest BCUT2D eigenvalue weighted by molar-refractivity contribution is 5.73. The molecule has 0 unspecified atom stereocenters. The molecule has 1 fully saturated rings. The number of benzene rings is 1. The summed E-state index contributed by atoms with van der Waals surface area (Å²) in [5, 5.41) is 7.12. The summed E-state index contributed by atoms with van der Waals surface area (Å²) < 4.78 is 38.0. The molecule has 1 N–H and O–H groups in total. The molecule has 1 aromatic carbocycles. The van der Waals surface area contributed by atoms with E-state index in [0.29, 0.717) is 12.5 Å². The number of aromatic nitrogens is 1. The van der Waals surface area contributed by atoms with Gasteiger partial charge >= 0.3 is 12.1 Å². The molecule has 0 bridgehead atoms. The quantitative estimate of drug-likeness (QED) is 0.741. The molecule has 1 aliphatic heterocycles. The van der Waals surface area contributed by atoms with Crippen molar-refractivity contribution in [1.29, 1.82) is 0 Å². The van der Waals surface area contributed by atoms with Crippen LogP contribution in [0.4, 0.5) is 13.2 Å². The van der Waals surface area contributed by atoms with E-state index in [1.807, 2.05) is 23.2 Å². The van der Waals surface area contributed by atoms with Gasteiger partial charge in [-0.1, -0.05) is 35.9 Å². The summed E-state index contributed by atoms with van der Waals surface area (Å²) in [6.45, 7) is 5.88. The molecule has 1 amide bonds. The van der Waals surface area contributed by atoms with Crippen molar-refractivity contribution in [1.82, 2.24) is 9.88 Å². The predicted molar refractivity (Wildman–Crippen MR) is 112 cm³/mol. The lowest BCUT2D eigenvalue weighted by atomic mass is 9.88. The molecule has 2 atom stereocenters. The van der Waals surface area contributed by atoms with Crippen molar-refractivity contribution in [3.8, 4) is 0 Å². The number of halogens is 3. The maximum absolute atomic E-state index is 11.8. The number of pyridine rings is 1. The number of ether oxygens (including phenoxy) is 1. The van der Waals surface area contributed by atoms with Crippen LogP contribution in [0.1, 0.15) is 30.0 Å². The Hall–Kier alpha value is -2.94. The molecule has 0 radical (unpaired) electrons. The van der Waals surface area contributed by atoms with Crippen molar-refractivity contribution in [2.24, 2.45) is 5.92 Å². The van der Waals surface area contributed by atoms with E-state index in [1.165, 1.54) is 11.1 Å². The molecular formula is C23H27F3N2O4. The summed E-state index contributed by atoms with van der Waals surface area (Å²) in [6.07, 6.45) is 0.520. The Morgan fingerprint density at radius 1 is 1.22 bits per heavy atom. The van der Waals surface area contributed by atoms with E-state index in [1.54, 1.807) is 13.1 Å². The Bertz CT molecular complexity index is 890. The Labute approximate surface area is 185 Å². The fourth-order valence-electron chi connectivity index (χ4n) is 3.54. The zero-order chi connectivity index (χ0) is 23.7. The summed E-state index contributed by atoms with van der Waals surface area (Å²) in [6, 6.07) is 12.6. The van der Waals surface area contributed by atoms with Gasteiger partial charge in [0.05, 0.1) is 12.7 Å². The molecule has 1 aromatic heterocycles. The average Bonchev–Trinajstić information content (AvgIpc) is 2.73. The van der Waals surface area contributed by atoms with Crippen LogP contribution in [-0.2, 0) is 27.4 Å². The van der Waals surface area contributed by atoms with Crippen LogP contribution in [0.25, 0.3) is 0 Å². The topological polar surface area (TPSA) is 79.7 Å². The van der Waals surface area contributed by atoms with Gasteiger partial charge in [0.2, 0.25) is 5.91 Å². The number of nitrogens with zero attached hydrogens (tertiary/aromatic N) is 2. The van der Waals surface area contributed by atoms with Gasteiger partial charge in [0.1, 0.15) is 0 Å². The number of hydrogen-bond acceptors (Lipinski definition) is 4.